The Morgan fingerprint density at radius 3 is 2.55 bits per heavy atom. The van der Waals surface area contributed by atoms with E-state index in [1.54, 1.807) is 24.3 Å². The molecule has 1 saturated heterocycles. The molecule has 0 aromatic heterocycles. The number of ether oxygens (including phenoxy) is 1. The lowest BCUT2D eigenvalue weighted by molar-refractivity contribution is -0.125. The second-order valence-electron chi connectivity index (χ2n) is 4.64. The number of amides is 2. The fourth-order valence-electron chi connectivity index (χ4n) is 1.92. The molecule has 1 aromatic carbocycles. The van der Waals surface area contributed by atoms with E-state index in [1.807, 2.05) is 0 Å². The van der Waals surface area contributed by atoms with Gasteiger partial charge in [-0.3, -0.25) is 9.59 Å². The number of halogens is 2. The van der Waals surface area contributed by atoms with Gasteiger partial charge in [-0.2, -0.15) is 0 Å². The normalized spacial score (nSPS) is 17.2. The van der Waals surface area contributed by atoms with Gasteiger partial charge in [-0.15, -0.1) is 12.4 Å². The molecule has 0 bridgehead atoms. The first-order chi connectivity index (χ1) is 10.2. The molecule has 1 atom stereocenters. The van der Waals surface area contributed by atoms with E-state index in [0.717, 1.165) is 0 Å². The van der Waals surface area contributed by atoms with Crippen LogP contribution in [-0.4, -0.2) is 50.7 Å². The fourth-order valence-corrected chi connectivity index (χ4v) is 2.05. The molecule has 2 amide bonds. The Morgan fingerprint density at radius 2 is 1.91 bits per heavy atom. The number of morpholine rings is 1. The van der Waals surface area contributed by atoms with E-state index in [0.29, 0.717) is 43.4 Å². The van der Waals surface area contributed by atoms with Gasteiger partial charge in [0.2, 0.25) is 5.91 Å². The van der Waals surface area contributed by atoms with Crippen LogP contribution in [0.5, 0.6) is 0 Å². The van der Waals surface area contributed by atoms with Gasteiger partial charge in [0.15, 0.2) is 0 Å². The third-order valence-electron chi connectivity index (χ3n) is 3.05. The van der Waals surface area contributed by atoms with Gasteiger partial charge in [0.1, 0.15) is 6.04 Å². The maximum absolute atomic E-state index is 11.8. The van der Waals surface area contributed by atoms with Gasteiger partial charge in [0.05, 0.1) is 13.2 Å². The topological polar surface area (TPSA) is 79.5 Å². The first-order valence-electron chi connectivity index (χ1n) is 6.79. The van der Waals surface area contributed by atoms with Crippen LogP contribution in [0.25, 0.3) is 0 Å². The van der Waals surface area contributed by atoms with Crippen LogP contribution >= 0.6 is 24.0 Å². The first-order valence-corrected chi connectivity index (χ1v) is 7.17. The summed E-state index contributed by atoms with van der Waals surface area (Å²) in [6.07, 6.45) is 0. The lowest BCUT2D eigenvalue weighted by atomic mass is 10.2. The third kappa shape index (κ3) is 5.81. The highest BCUT2D eigenvalue weighted by Gasteiger charge is 2.20. The standard InChI is InChI=1S/C14H18ClN3O3.ClH/c15-11-3-1-10(2-4-11)13(19)17-5-6-18-14(20)12-9-21-8-7-16-12;/h1-4,12,16H,5-9H2,(H,17,19)(H,18,20);1H. The number of hydrogen-bond acceptors (Lipinski definition) is 4. The lowest BCUT2D eigenvalue weighted by Crippen LogP contribution is -2.52. The van der Waals surface area contributed by atoms with E-state index < -0.39 is 0 Å². The van der Waals surface area contributed by atoms with Crippen molar-refractivity contribution in [1.29, 1.82) is 0 Å². The minimum atomic E-state index is -0.314. The highest BCUT2D eigenvalue weighted by molar-refractivity contribution is 6.30. The number of carbonyl (C=O) groups is 2. The van der Waals surface area contributed by atoms with Crippen LogP contribution in [0.15, 0.2) is 24.3 Å². The average molecular weight is 348 g/mol. The van der Waals surface area contributed by atoms with Crippen LogP contribution in [0.3, 0.4) is 0 Å². The highest BCUT2D eigenvalue weighted by atomic mass is 35.5. The summed E-state index contributed by atoms with van der Waals surface area (Å²) in [6, 6.07) is 6.31. The summed E-state index contributed by atoms with van der Waals surface area (Å²) < 4.78 is 5.21. The maximum atomic E-state index is 11.8. The molecule has 1 aliphatic heterocycles. The molecule has 1 fully saturated rings. The summed E-state index contributed by atoms with van der Waals surface area (Å²) in [6.45, 7) is 2.41. The Bertz CT molecular complexity index is 491. The van der Waals surface area contributed by atoms with Gasteiger partial charge >= 0.3 is 0 Å². The van der Waals surface area contributed by atoms with Gasteiger partial charge in [0.25, 0.3) is 5.91 Å². The number of hydrogen-bond donors (Lipinski definition) is 3. The number of carbonyl (C=O) groups excluding carboxylic acids is 2. The zero-order valence-corrected chi connectivity index (χ0v) is 13.5. The molecule has 0 radical (unpaired) electrons. The minimum Gasteiger partial charge on any atom is -0.378 e. The lowest BCUT2D eigenvalue weighted by Gasteiger charge is -2.22. The average Bonchev–Trinajstić information content (AvgIpc) is 2.52. The van der Waals surface area contributed by atoms with Crippen LogP contribution in [0.1, 0.15) is 10.4 Å². The van der Waals surface area contributed by atoms with Crippen LogP contribution in [0.4, 0.5) is 0 Å². The van der Waals surface area contributed by atoms with Gasteiger partial charge in [-0.25, -0.2) is 0 Å². The molecule has 3 N–H and O–H groups in total. The molecule has 1 aromatic rings. The molecule has 2 rings (SSSR count). The van der Waals surface area contributed by atoms with Gasteiger partial charge in [-0.05, 0) is 24.3 Å². The number of nitrogens with one attached hydrogen (secondary N) is 3. The Hall–Kier alpha value is -1.34. The smallest absolute Gasteiger partial charge is 0.251 e. The van der Waals surface area contributed by atoms with Crippen LogP contribution in [0.2, 0.25) is 5.02 Å². The second-order valence-corrected chi connectivity index (χ2v) is 5.07. The van der Waals surface area contributed by atoms with E-state index in [4.69, 9.17) is 16.3 Å². The first kappa shape index (κ1) is 18.7. The van der Waals surface area contributed by atoms with Crippen LogP contribution in [0, 0.1) is 0 Å². The molecule has 0 aliphatic carbocycles. The van der Waals surface area contributed by atoms with Crippen molar-refractivity contribution in [3.63, 3.8) is 0 Å². The summed E-state index contributed by atoms with van der Waals surface area (Å²) >= 11 is 5.76. The molecule has 22 heavy (non-hydrogen) atoms. The van der Waals surface area contributed by atoms with Crippen molar-refractivity contribution >= 4 is 35.8 Å². The Morgan fingerprint density at radius 1 is 1.23 bits per heavy atom. The van der Waals surface area contributed by atoms with E-state index in [9.17, 15) is 9.59 Å². The summed E-state index contributed by atoms with van der Waals surface area (Å²) in [5.74, 6) is -0.310. The zero-order chi connectivity index (χ0) is 15.1. The van der Waals surface area contributed by atoms with Gasteiger partial charge < -0.3 is 20.7 Å². The van der Waals surface area contributed by atoms with Crippen molar-refractivity contribution < 1.29 is 14.3 Å². The van der Waals surface area contributed by atoms with Crippen LogP contribution in [-0.2, 0) is 9.53 Å². The van der Waals surface area contributed by atoms with Crippen molar-refractivity contribution in [1.82, 2.24) is 16.0 Å². The molecule has 1 aliphatic rings. The van der Waals surface area contributed by atoms with Crippen molar-refractivity contribution in [3.05, 3.63) is 34.9 Å². The summed E-state index contributed by atoms with van der Waals surface area (Å²) in [7, 11) is 0. The van der Waals surface area contributed by atoms with Crippen LogP contribution < -0.4 is 16.0 Å². The fraction of sp³-hybridized carbons (Fsp3) is 0.429. The van der Waals surface area contributed by atoms with Crippen molar-refractivity contribution in [2.45, 2.75) is 6.04 Å². The zero-order valence-electron chi connectivity index (χ0n) is 11.9. The molecule has 0 saturated carbocycles. The molecule has 1 unspecified atom stereocenters. The largest absolute Gasteiger partial charge is 0.378 e. The Labute approximate surface area is 140 Å². The van der Waals surface area contributed by atoms with E-state index in [-0.39, 0.29) is 30.3 Å². The molecule has 8 heteroatoms. The van der Waals surface area contributed by atoms with Crippen molar-refractivity contribution in [3.8, 4) is 0 Å². The third-order valence-corrected chi connectivity index (χ3v) is 3.31. The predicted molar refractivity (Wildman–Crippen MR) is 86.7 cm³/mol. The summed E-state index contributed by atoms with van der Waals surface area (Å²) in [5.41, 5.74) is 0.535. The number of rotatable bonds is 5. The number of benzene rings is 1. The van der Waals surface area contributed by atoms with E-state index in [2.05, 4.69) is 16.0 Å². The Kier molecular flexibility index (Phi) is 8.19. The Balaban J connectivity index is 0.00000242. The molecular formula is C14H19Cl2N3O3. The summed E-state index contributed by atoms with van der Waals surface area (Å²) in [4.78, 5) is 23.6. The molecular weight excluding hydrogens is 329 g/mol. The minimum absolute atomic E-state index is 0. The van der Waals surface area contributed by atoms with E-state index in [1.165, 1.54) is 0 Å². The van der Waals surface area contributed by atoms with Crippen molar-refractivity contribution in [2.24, 2.45) is 0 Å². The quantitative estimate of drug-likeness (QED) is 0.681. The summed E-state index contributed by atoms with van der Waals surface area (Å²) in [5, 5.41) is 9.13. The van der Waals surface area contributed by atoms with Crippen molar-refractivity contribution in [2.75, 3.05) is 32.8 Å². The molecule has 6 nitrogen and oxygen atoms in total. The monoisotopic (exact) mass is 347 g/mol. The highest BCUT2D eigenvalue weighted by Crippen LogP contribution is 2.09. The predicted octanol–water partition coefficient (Wildman–Crippen LogP) is 0.596. The second kappa shape index (κ2) is 9.63. The molecule has 0 spiro atoms. The maximum Gasteiger partial charge on any atom is 0.251 e. The SMILES string of the molecule is Cl.O=C(NCCNC(=O)C1COCCN1)c1ccc(Cl)cc1. The molecule has 1 heterocycles. The van der Waals surface area contributed by atoms with E-state index >= 15 is 0 Å². The van der Waals surface area contributed by atoms with Gasteiger partial charge in [-0.1, -0.05) is 11.6 Å². The molecule has 122 valence electrons. The van der Waals surface area contributed by atoms with Gasteiger partial charge in [0, 0.05) is 30.2 Å².